The van der Waals surface area contributed by atoms with Gasteiger partial charge in [-0.2, -0.15) is 0 Å². The van der Waals surface area contributed by atoms with Crippen molar-refractivity contribution < 1.29 is 4.74 Å². The molecule has 118 valence electrons. The molecule has 3 N–H and O–H groups in total. The van der Waals surface area contributed by atoms with Gasteiger partial charge in [0.05, 0.1) is 12.2 Å². The predicted octanol–water partition coefficient (Wildman–Crippen LogP) is 2.62. The van der Waals surface area contributed by atoms with E-state index in [1.165, 1.54) is 5.56 Å². The van der Waals surface area contributed by atoms with E-state index in [1.807, 2.05) is 31.2 Å². The summed E-state index contributed by atoms with van der Waals surface area (Å²) in [6.45, 7) is 7.44. The fourth-order valence-electron chi connectivity index (χ4n) is 2.21. The highest BCUT2D eigenvalue weighted by Crippen LogP contribution is 2.19. The normalized spacial score (nSPS) is 12.9. The third-order valence-electron chi connectivity index (χ3n) is 3.62. The van der Waals surface area contributed by atoms with Gasteiger partial charge in [0.15, 0.2) is 0 Å². The Morgan fingerprint density at radius 1 is 1.23 bits per heavy atom. The van der Waals surface area contributed by atoms with Crippen LogP contribution in [0.25, 0.3) is 0 Å². The maximum Gasteiger partial charge on any atom is 0.137 e. The van der Waals surface area contributed by atoms with E-state index in [4.69, 9.17) is 10.5 Å². The molecule has 0 radical (unpaired) electrons. The van der Waals surface area contributed by atoms with Gasteiger partial charge in [-0.3, -0.25) is 4.98 Å². The minimum absolute atomic E-state index is 0.0801. The number of rotatable bonds is 7. The molecule has 1 unspecified atom stereocenters. The molecule has 2 rings (SSSR count). The Balaban J connectivity index is 1.81. The molecule has 0 bridgehead atoms. The van der Waals surface area contributed by atoms with Crippen molar-refractivity contribution >= 4 is 0 Å². The van der Waals surface area contributed by atoms with Crippen molar-refractivity contribution in [1.82, 2.24) is 10.3 Å². The molecular weight excluding hydrogens is 274 g/mol. The molecule has 1 aromatic carbocycles. The third-order valence-corrected chi connectivity index (χ3v) is 3.62. The van der Waals surface area contributed by atoms with Crippen LogP contribution in [0.4, 0.5) is 0 Å². The zero-order valence-electron chi connectivity index (χ0n) is 13.5. The number of aryl methyl sites for hydroxylation is 1. The van der Waals surface area contributed by atoms with E-state index in [1.54, 1.807) is 12.4 Å². The van der Waals surface area contributed by atoms with Gasteiger partial charge < -0.3 is 15.8 Å². The van der Waals surface area contributed by atoms with Crippen molar-refractivity contribution in [2.75, 3.05) is 13.2 Å². The Morgan fingerprint density at radius 2 is 1.95 bits per heavy atom. The van der Waals surface area contributed by atoms with Gasteiger partial charge in [-0.15, -0.1) is 0 Å². The summed E-state index contributed by atoms with van der Waals surface area (Å²) in [6.07, 6.45) is 3.51. The van der Waals surface area contributed by atoms with Gasteiger partial charge >= 0.3 is 0 Å². The monoisotopic (exact) mass is 299 g/mol. The van der Waals surface area contributed by atoms with Gasteiger partial charge in [0.2, 0.25) is 0 Å². The van der Waals surface area contributed by atoms with Crippen molar-refractivity contribution in [2.45, 2.75) is 32.4 Å². The summed E-state index contributed by atoms with van der Waals surface area (Å²) >= 11 is 0. The lowest BCUT2D eigenvalue weighted by Crippen LogP contribution is -2.46. The van der Waals surface area contributed by atoms with Gasteiger partial charge in [-0.1, -0.05) is 30.3 Å². The molecule has 0 aliphatic carbocycles. The topological polar surface area (TPSA) is 60.2 Å². The first-order valence-corrected chi connectivity index (χ1v) is 7.58. The van der Waals surface area contributed by atoms with Crippen LogP contribution in [0.3, 0.4) is 0 Å². The highest BCUT2D eigenvalue weighted by molar-refractivity contribution is 5.23. The zero-order chi connectivity index (χ0) is 16.0. The summed E-state index contributed by atoms with van der Waals surface area (Å²) in [7, 11) is 0. The smallest absolute Gasteiger partial charge is 0.137 e. The van der Waals surface area contributed by atoms with E-state index in [9.17, 15) is 0 Å². The van der Waals surface area contributed by atoms with Crippen LogP contribution in [0.2, 0.25) is 0 Å². The summed E-state index contributed by atoms with van der Waals surface area (Å²) in [6, 6.07) is 12.2. The van der Waals surface area contributed by atoms with Crippen LogP contribution in [0.1, 0.15) is 25.0 Å². The maximum atomic E-state index is 6.14. The molecule has 0 fully saturated rings. The number of hydrogen-bond acceptors (Lipinski definition) is 4. The van der Waals surface area contributed by atoms with Crippen molar-refractivity contribution in [3.63, 3.8) is 0 Å². The van der Waals surface area contributed by atoms with E-state index < -0.39 is 0 Å². The highest BCUT2D eigenvalue weighted by Gasteiger charge is 2.20. The van der Waals surface area contributed by atoms with Crippen LogP contribution < -0.4 is 15.8 Å². The molecule has 0 aliphatic rings. The molecule has 22 heavy (non-hydrogen) atoms. The molecule has 0 amide bonds. The van der Waals surface area contributed by atoms with Crippen LogP contribution in [-0.4, -0.2) is 24.2 Å². The number of aromatic nitrogens is 1. The fourth-order valence-corrected chi connectivity index (χ4v) is 2.21. The van der Waals surface area contributed by atoms with Gasteiger partial charge in [0.1, 0.15) is 12.4 Å². The zero-order valence-corrected chi connectivity index (χ0v) is 13.5. The Labute approximate surface area is 132 Å². The second-order valence-electron chi connectivity index (χ2n) is 6.14. The lowest BCUT2D eigenvalue weighted by molar-refractivity contribution is 0.269. The number of pyridine rings is 1. The lowest BCUT2D eigenvalue weighted by atomic mass is 9.94. The molecule has 0 saturated carbocycles. The summed E-state index contributed by atoms with van der Waals surface area (Å²) < 4.78 is 5.69. The first-order valence-electron chi connectivity index (χ1n) is 7.58. The maximum absolute atomic E-state index is 6.14. The SMILES string of the molecule is Cc1cncc(OCC(N)CNC(C)(C)c2ccccc2)c1. The van der Waals surface area contributed by atoms with E-state index in [2.05, 4.69) is 36.3 Å². The molecular formula is C18H25N3O. The second kappa shape index (κ2) is 7.38. The Hall–Kier alpha value is -1.91. The fraction of sp³-hybridized carbons (Fsp3) is 0.389. The standard InChI is InChI=1S/C18H25N3O/c1-14-9-17(12-20-10-14)22-13-16(19)11-21-18(2,3)15-7-5-4-6-8-15/h4-10,12,16,21H,11,13,19H2,1-3H3. The number of hydrogen-bond donors (Lipinski definition) is 2. The average Bonchev–Trinajstić information content (AvgIpc) is 2.52. The van der Waals surface area contributed by atoms with E-state index in [-0.39, 0.29) is 11.6 Å². The molecule has 0 aliphatic heterocycles. The summed E-state index contributed by atoms with van der Waals surface area (Å²) in [5.41, 5.74) is 8.34. The van der Waals surface area contributed by atoms with Crippen LogP contribution in [0, 0.1) is 6.92 Å². The van der Waals surface area contributed by atoms with Crippen LogP contribution in [0.5, 0.6) is 5.75 Å². The summed E-state index contributed by atoms with van der Waals surface area (Å²) in [5.74, 6) is 0.762. The average molecular weight is 299 g/mol. The van der Waals surface area contributed by atoms with Gasteiger partial charge in [0.25, 0.3) is 0 Å². The van der Waals surface area contributed by atoms with Gasteiger partial charge in [-0.05, 0) is 38.0 Å². The molecule has 1 heterocycles. The molecule has 0 saturated heterocycles. The number of benzene rings is 1. The molecule has 0 spiro atoms. The van der Waals surface area contributed by atoms with Gasteiger partial charge in [0, 0.05) is 18.3 Å². The number of ether oxygens (including phenoxy) is 1. The summed E-state index contributed by atoms with van der Waals surface area (Å²) in [5, 5.41) is 3.50. The minimum atomic E-state index is -0.121. The van der Waals surface area contributed by atoms with E-state index in [0.29, 0.717) is 13.2 Å². The molecule has 2 aromatic rings. The number of nitrogens with two attached hydrogens (primary N) is 1. The quantitative estimate of drug-likeness (QED) is 0.825. The molecule has 4 heteroatoms. The third kappa shape index (κ3) is 4.83. The number of nitrogens with one attached hydrogen (secondary N) is 1. The van der Waals surface area contributed by atoms with Gasteiger partial charge in [-0.25, -0.2) is 0 Å². The minimum Gasteiger partial charge on any atom is -0.490 e. The van der Waals surface area contributed by atoms with Crippen LogP contribution >= 0.6 is 0 Å². The van der Waals surface area contributed by atoms with Crippen molar-refractivity contribution in [1.29, 1.82) is 0 Å². The predicted molar refractivity (Wildman–Crippen MR) is 89.9 cm³/mol. The van der Waals surface area contributed by atoms with Crippen LogP contribution in [-0.2, 0) is 5.54 Å². The second-order valence-corrected chi connectivity index (χ2v) is 6.14. The van der Waals surface area contributed by atoms with E-state index in [0.717, 1.165) is 11.3 Å². The highest BCUT2D eigenvalue weighted by atomic mass is 16.5. The summed E-state index contributed by atoms with van der Waals surface area (Å²) in [4.78, 5) is 4.11. The van der Waals surface area contributed by atoms with Crippen molar-refractivity contribution in [2.24, 2.45) is 5.73 Å². The largest absolute Gasteiger partial charge is 0.490 e. The first-order chi connectivity index (χ1) is 10.5. The Kier molecular flexibility index (Phi) is 5.52. The number of nitrogens with zero attached hydrogens (tertiary/aromatic N) is 1. The molecule has 1 atom stereocenters. The van der Waals surface area contributed by atoms with Crippen molar-refractivity contribution in [3.8, 4) is 5.75 Å². The van der Waals surface area contributed by atoms with Crippen molar-refractivity contribution in [3.05, 3.63) is 59.9 Å². The van der Waals surface area contributed by atoms with E-state index >= 15 is 0 Å². The first kappa shape index (κ1) is 16.5. The Morgan fingerprint density at radius 3 is 2.64 bits per heavy atom. The molecule has 4 nitrogen and oxygen atoms in total. The molecule has 1 aromatic heterocycles. The van der Waals surface area contributed by atoms with Crippen LogP contribution in [0.15, 0.2) is 48.8 Å². The lowest BCUT2D eigenvalue weighted by Gasteiger charge is -2.28. The Bertz CT molecular complexity index is 584.